The van der Waals surface area contributed by atoms with E-state index in [-0.39, 0.29) is 10.6 Å². The Balaban J connectivity index is 2.41. The molecule has 2 rings (SSSR count). The van der Waals surface area contributed by atoms with E-state index >= 15 is 0 Å². The first-order chi connectivity index (χ1) is 11.3. The van der Waals surface area contributed by atoms with E-state index in [2.05, 4.69) is 15.1 Å². The highest BCUT2D eigenvalue weighted by Gasteiger charge is 2.38. The van der Waals surface area contributed by atoms with Crippen LogP contribution in [0.1, 0.15) is 11.3 Å². The molecule has 0 aliphatic heterocycles. The Kier molecular flexibility index (Phi) is 5.89. The Morgan fingerprint density at radius 2 is 2.08 bits per heavy atom. The summed E-state index contributed by atoms with van der Waals surface area (Å²) in [5.41, 5.74) is -1.41. The first kappa shape index (κ1) is 18.3. The number of hydrogen-bond donors (Lipinski definition) is 0. The molecule has 24 heavy (non-hydrogen) atoms. The number of hydrogen-bond acceptors (Lipinski definition) is 5. The van der Waals surface area contributed by atoms with Gasteiger partial charge in [0.2, 0.25) is 0 Å². The molecule has 0 unspecified atom stereocenters. The van der Waals surface area contributed by atoms with Crippen molar-refractivity contribution in [2.75, 3.05) is 5.88 Å². The van der Waals surface area contributed by atoms with Gasteiger partial charge in [0.15, 0.2) is 5.69 Å². The van der Waals surface area contributed by atoms with Gasteiger partial charge in [-0.2, -0.15) is 18.3 Å². The molecule has 1 aromatic carbocycles. The van der Waals surface area contributed by atoms with Gasteiger partial charge in [0.25, 0.3) is 0 Å². The zero-order valence-corrected chi connectivity index (χ0v) is 13.8. The van der Waals surface area contributed by atoms with Crippen LogP contribution in [0.3, 0.4) is 0 Å². The van der Waals surface area contributed by atoms with Crippen LogP contribution in [-0.4, -0.2) is 27.8 Å². The minimum atomic E-state index is -4.68. The molecule has 0 saturated heterocycles. The van der Waals surface area contributed by atoms with E-state index < -0.39 is 23.7 Å². The quantitative estimate of drug-likeness (QED) is 0.345. The van der Waals surface area contributed by atoms with Gasteiger partial charge in [0.1, 0.15) is 10.9 Å². The third-order valence-electron chi connectivity index (χ3n) is 2.70. The normalized spacial score (nSPS) is 11.9. The summed E-state index contributed by atoms with van der Waals surface area (Å²) < 4.78 is 40.6. The van der Waals surface area contributed by atoms with Crippen LogP contribution in [0, 0.1) is 0 Å². The topological polar surface area (TPSA) is 56.5 Å². The van der Waals surface area contributed by atoms with Crippen LogP contribution in [0.15, 0.2) is 45.4 Å². The lowest BCUT2D eigenvalue weighted by Gasteiger charge is -2.05. The number of aryl methyl sites for hydroxylation is 1. The third-order valence-corrected chi connectivity index (χ3v) is 4.10. The standard InChI is InChI=1S/C14H11ClF3N3O2S/c1-21-13(24-9-5-3-2-4-6-9)10(8-19-23-11(22)7-15)12(20-21)14(16,17)18/h2-6,8H,7H2,1H3/b19-8+. The molecule has 128 valence electrons. The molecule has 0 atom stereocenters. The molecular formula is C14H11ClF3N3O2S. The monoisotopic (exact) mass is 377 g/mol. The molecule has 0 radical (unpaired) electrons. The molecule has 0 amide bonds. The predicted octanol–water partition coefficient (Wildman–Crippen LogP) is 3.71. The summed E-state index contributed by atoms with van der Waals surface area (Å²) in [6.45, 7) is 0. The number of alkyl halides is 4. The lowest BCUT2D eigenvalue weighted by atomic mass is 10.2. The summed E-state index contributed by atoms with van der Waals surface area (Å²) in [6, 6.07) is 8.82. The van der Waals surface area contributed by atoms with Gasteiger partial charge < -0.3 is 4.84 Å². The number of halogens is 4. The maximum atomic E-state index is 13.2. The number of oxime groups is 1. The van der Waals surface area contributed by atoms with Gasteiger partial charge in [-0.15, -0.1) is 11.6 Å². The Morgan fingerprint density at radius 1 is 1.42 bits per heavy atom. The summed E-state index contributed by atoms with van der Waals surface area (Å²) in [5.74, 6) is -1.33. The second-order valence-electron chi connectivity index (χ2n) is 4.44. The molecule has 0 aliphatic carbocycles. The molecule has 0 N–H and O–H groups in total. The van der Waals surface area contributed by atoms with Crippen LogP contribution in [-0.2, 0) is 22.9 Å². The van der Waals surface area contributed by atoms with Gasteiger partial charge in [-0.1, -0.05) is 35.1 Å². The molecule has 0 saturated carbocycles. The van der Waals surface area contributed by atoms with Crippen LogP contribution >= 0.6 is 23.4 Å². The van der Waals surface area contributed by atoms with Gasteiger partial charge in [0.05, 0.1) is 11.8 Å². The second-order valence-corrected chi connectivity index (χ2v) is 5.76. The van der Waals surface area contributed by atoms with E-state index in [0.29, 0.717) is 0 Å². The average Bonchev–Trinajstić information content (AvgIpc) is 2.85. The molecule has 2 aromatic rings. The van der Waals surface area contributed by atoms with Crippen LogP contribution in [0.25, 0.3) is 0 Å². The van der Waals surface area contributed by atoms with Crippen molar-refractivity contribution in [3.63, 3.8) is 0 Å². The molecule has 0 spiro atoms. The van der Waals surface area contributed by atoms with Gasteiger partial charge in [-0.05, 0) is 12.1 Å². The van der Waals surface area contributed by atoms with Crippen molar-refractivity contribution in [2.24, 2.45) is 12.2 Å². The Hall–Kier alpha value is -2.00. The highest BCUT2D eigenvalue weighted by atomic mass is 35.5. The smallest absolute Gasteiger partial charge is 0.317 e. The number of carbonyl (C=O) groups is 1. The molecule has 0 fully saturated rings. The predicted molar refractivity (Wildman–Crippen MR) is 83.2 cm³/mol. The molecule has 0 bridgehead atoms. The fraction of sp³-hybridized carbons (Fsp3) is 0.214. The van der Waals surface area contributed by atoms with Gasteiger partial charge in [0, 0.05) is 11.9 Å². The van der Waals surface area contributed by atoms with Gasteiger partial charge in [-0.25, -0.2) is 4.79 Å². The summed E-state index contributed by atoms with van der Waals surface area (Å²) >= 11 is 6.32. The van der Waals surface area contributed by atoms with E-state index in [1.807, 2.05) is 0 Å². The van der Waals surface area contributed by atoms with Gasteiger partial charge in [-0.3, -0.25) is 4.68 Å². The SMILES string of the molecule is Cn1nc(C(F)(F)F)c(/C=N/OC(=O)CCl)c1Sc1ccccc1. The van der Waals surface area contributed by atoms with E-state index in [4.69, 9.17) is 11.6 Å². The number of nitrogens with zero attached hydrogens (tertiary/aromatic N) is 3. The highest BCUT2D eigenvalue weighted by molar-refractivity contribution is 7.99. The van der Waals surface area contributed by atoms with E-state index in [1.54, 1.807) is 30.3 Å². The second kappa shape index (κ2) is 7.71. The van der Waals surface area contributed by atoms with E-state index in [0.717, 1.165) is 27.6 Å². The summed E-state index contributed by atoms with van der Waals surface area (Å²) in [7, 11) is 1.39. The zero-order valence-electron chi connectivity index (χ0n) is 12.2. The third kappa shape index (κ3) is 4.51. The average molecular weight is 378 g/mol. The molecule has 0 aliphatic rings. The first-order valence-corrected chi connectivity index (χ1v) is 7.84. The molecule has 5 nitrogen and oxygen atoms in total. The minimum Gasteiger partial charge on any atom is -0.317 e. The fourth-order valence-electron chi connectivity index (χ4n) is 1.73. The molecule has 10 heteroatoms. The lowest BCUT2D eigenvalue weighted by molar-refractivity contribution is -0.141. The largest absolute Gasteiger partial charge is 0.435 e. The van der Waals surface area contributed by atoms with Crippen LogP contribution in [0.5, 0.6) is 0 Å². The Labute approximate surface area is 144 Å². The lowest BCUT2D eigenvalue weighted by Crippen LogP contribution is -2.09. The maximum absolute atomic E-state index is 13.2. The van der Waals surface area contributed by atoms with Crippen molar-refractivity contribution in [3.8, 4) is 0 Å². The number of aromatic nitrogens is 2. The number of carbonyl (C=O) groups excluding carboxylic acids is 1. The molecule has 1 heterocycles. The van der Waals surface area contributed by atoms with Crippen LogP contribution in [0.2, 0.25) is 0 Å². The van der Waals surface area contributed by atoms with Crippen molar-refractivity contribution in [1.29, 1.82) is 0 Å². The van der Waals surface area contributed by atoms with E-state index in [1.165, 1.54) is 7.05 Å². The van der Waals surface area contributed by atoms with Crippen molar-refractivity contribution >= 4 is 35.5 Å². The summed E-state index contributed by atoms with van der Waals surface area (Å²) in [5, 5.41) is 6.99. The van der Waals surface area contributed by atoms with Crippen molar-refractivity contribution < 1.29 is 22.8 Å². The number of rotatable bonds is 5. The highest BCUT2D eigenvalue weighted by Crippen LogP contribution is 2.37. The van der Waals surface area contributed by atoms with Crippen LogP contribution < -0.4 is 0 Å². The minimum absolute atomic E-state index is 0.208. The molecular weight excluding hydrogens is 367 g/mol. The van der Waals surface area contributed by atoms with Crippen molar-refractivity contribution in [2.45, 2.75) is 16.1 Å². The number of benzene rings is 1. The van der Waals surface area contributed by atoms with Crippen molar-refractivity contribution in [1.82, 2.24) is 9.78 Å². The Bertz CT molecular complexity index is 748. The van der Waals surface area contributed by atoms with Crippen molar-refractivity contribution in [3.05, 3.63) is 41.6 Å². The zero-order chi connectivity index (χ0) is 17.7. The molecule has 1 aromatic heterocycles. The summed E-state index contributed by atoms with van der Waals surface area (Å²) in [6.07, 6.45) is -3.86. The maximum Gasteiger partial charge on any atom is 0.435 e. The summed E-state index contributed by atoms with van der Waals surface area (Å²) in [4.78, 5) is 16.0. The van der Waals surface area contributed by atoms with Gasteiger partial charge >= 0.3 is 12.1 Å². The first-order valence-electron chi connectivity index (χ1n) is 6.49. The van der Waals surface area contributed by atoms with Crippen LogP contribution in [0.4, 0.5) is 13.2 Å². The van der Waals surface area contributed by atoms with E-state index in [9.17, 15) is 18.0 Å². The Morgan fingerprint density at radius 3 is 2.67 bits per heavy atom. The fourth-order valence-corrected chi connectivity index (χ4v) is 2.73.